The van der Waals surface area contributed by atoms with Crippen LogP contribution in [-0.2, 0) is 5.41 Å². The second-order valence-corrected chi connectivity index (χ2v) is 8.76. The molecule has 1 aliphatic rings. The molecule has 1 aliphatic carbocycles. The molecule has 0 amide bonds. The van der Waals surface area contributed by atoms with Gasteiger partial charge in [-0.25, -0.2) is 0 Å². The average Bonchev–Trinajstić information content (AvgIpc) is 2.95. The molecular formula is C26H20BrN. The third kappa shape index (κ3) is 2.63. The molecule has 28 heavy (non-hydrogen) atoms. The van der Waals surface area contributed by atoms with Crippen molar-refractivity contribution >= 4 is 15.9 Å². The van der Waals surface area contributed by atoms with E-state index in [1.807, 2.05) is 6.20 Å². The Kier molecular flexibility index (Phi) is 3.99. The van der Waals surface area contributed by atoms with E-state index in [0.717, 1.165) is 10.2 Å². The first-order chi connectivity index (χ1) is 13.6. The van der Waals surface area contributed by atoms with Crippen LogP contribution in [0, 0.1) is 0 Å². The van der Waals surface area contributed by atoms with Gasteiger partial charge in [0.1, 0.15) is 0 Å². The Labute approximate surface area is 174 Å². The van der Waals surface area contributed by atoms with Crippen molar-refractivity contribution in [1.29, 1.82) is 0 Å². The van der Waals surface area contributed by atoms with Gasteiger partial charge in [0.05, 0.1) is 5.69 Å². The average molecular weight is 426 g/mol. The normalized spacial score (nSPS) is 13.8. The number of fused-ring (bicyclic) bond motifs is 3. The Balaban J connectivity index is 1.69. The highest BCUT2D eigenvalue weighted by Gasteiger charge is 2.36. The number of nitrogens with zero attached hydrogens (tertiary/aromatic N) is 1. The van der Waals surface area contributed by atoms with E-state index >= 15 is 0 Å². The predicted molar refractivity (Wildman–Crippen MR) is 120 cm³/mol. The fourth-order valence-corrected chi connectivity index (χ4v) is 4.65. The minimum Gasteiger partial charge on any atom is -0.255 e. The molecule has 0 saturated carbocycles. The van der Waals surface area contributed by atoms with Gasteiger partial charge in [-0.1, -0.05) is 80.6 Å². The molecule has 0 atom stereocenters. The molecule has 0 fully saturated rings. The highest BCUT2D eigenvalue weighted by Crippen LogP contribution is 2.49. The molecule has 5 rings (SSSR count). The SMILES string of the molecule is CC1(C)c2cc(-c3ccccc3-c3ccccc3)ccc2-c2ncc(Br)cc21. The third-order valence-electron chi connectivity index (χ3n) is 5.80. The summed E-state index contributed by atoms with van der Waals surface area (Å²) in [5, 5.41) is 0. The Morgan fingerprint density at radius 3 is 2.11 bits per heavy atom. The van der Waals surface area contributed by atoms with Crippen molar-refractivity contribution in [1.82, 2.24) is 4.98 Å². The molecule has 0 spiro atoms. The molecular weight excluding hydrogens is 406 g/mol. The number of aromatic nitrogens is 1. The third-order valence-corrected chi connectivity index (χ3v) is 6.23. The van der Waals surface area contributed by atoms with Gasteiger partial charge in [0.2, 0.25) is 0 Å². The molecule has 2 heteroatoms. The summed E-state index contributed by atoms with van der Waals surface area (Å²) in [5.74, 6) is 0. The quantitative estimate of drug-likeness (QED) is 0.324. The monoisotopic (exact) mass is 425 g/mol. The molecule has 0 bridgehead atoms. The summed E-state index contributed by atoms with van der Waals surface area (Å²) in [6.07, 6.45) is 1.89. The molecule has 0 saturated heterocycles. The van der Waals surface area contributed by atoms with Gasteiger partial charge in [0.25, 0.3) is 0 Å². The highest BCUT2D eigenvalue weighted by molar-refractivity contribution is 9.10. The van der Waals surface area contributed by atoms with Crippen LogP contribution in [0.5, 0.6) is 0 Å². The molecule has 4 aromatic rings. The smallest absolute Gasteiger partial charge is 0.0746 e. The molecule has 0 unspecified atom stereocenters. The summed E-state index contributed by atoms with van der Waals surface area (Å²) >= 11 is 3.59. The number of hydrogen-bond acceptors (Lipinski definition) is 1. The molecule has 0 N–H and O–H groups in total. The molecule has 0 radical (unpaired) electrons. The van der Waals surface area contributed by atoms with E-state index in [0.29, 0.717) is 0 Å². The van der Waals surface area contributed by atoms with E-state index in [1.165, 1.54) is 38.9 Å². The fourth-order valence-electron chi connectivity index (χ4n) is 4.32. The predicted octanol–water partition coefficient (Wildman–Crippen LogP) is 7.48. The van der Waals surface area contributed by atoms with Crippen LogP contribution in [-0.4, -0.2) is 4.98 Å². The van der Waals surface area contributed by atoms with E-state index in [-0.39, 0.29) is 5.41 Å². The van der Waals surface area contributed by atoms with Gasteiger partial charge in [-0.2, -0.15) is 0 Å². The Bertz CT molecular complexity index is 1190. The van der Waals surface area contributed by atoms with Crippen LogP contribution < -0.4 is 0 Å². The summed E-state index contributed by atoms with van der Waals surface area (Å²) in [4.78, 5) is 4.72. The standard InChI is InChI=1S/C26H20BrN/c1-26(2)23-14-18(12-13-22(23)25-24(26)15-19(27)16-28-25)21-11-7-6-10-20(21)17-8-4-3-5-9-17/h3-16H,1-2H3. The van der Waals surface area contributed by atoms with Crippen LogP contribution in [0.1, 0.15) is 25.0 Å². The van der Waals surface area contributed by atoms with Crippen LogP contribution >= 0.6 is 15.9 Å². The van der Waals surface area contributed by atoms with E-state index < -0.39 is 0 Å². The number of rotatable bonds is 2. The maximum atomic E-state index is 4.72. The van der Waals surface area contributed by atoms with E-state index in [1.54, 1.807) is 0 Å². The number of halogens is 1. The second-order valence-electron chi connectivity index (χ2n) is 7.85. The summed E-state index contributed by atoms with van der Waals surface area (Å²) in [5.41, 5.74) is 9.91. The van der Waals surface area contributed by atoms with Gasteiger partial charge in [-0.05, 0) is 61.4 Å². The minimum atomic E-state index is -0.0703. The van der Waals surface area contributed by atoms with E-state index in [4.69, 9.17) is 4.98 Å². The van der Waals surface area contributed by atoms with Crippen molar-refractivity contribution in [2.75, 3.05) is 0 Å². The number of benzene rings is 3. The molecule has 0 aliphatic heterocycles. The van der Waals surface area contributed by atoms with E-state index in [2.05, 4.69) is 109 Å². The zero-order valence-electron chi connectivity index (χ0n) is 15.9. The summed E-state index contributed by atoms with van der Waals surface area (Å²) in [7, 11) is 0. The first-order valence-electron chi connectivity index (χ1n) is 9.51. The van der Waals surface area contributed by atoms with E-state index in [9.17, 15) is 0 Å². The zero-order valence-corrected chi connectivity index (χ0v) is 17.5. The summed E-state index contributed by atoms with van der Waals surface area (Å²) in [6, 6.07) is 28.3. The van der Waals surface area contributed by atoms with Crippen molar-refractivity contribution in [3.63, 3.8) is 0 Å². The van der Waals surface area contributed by atoms with Gasteiger partial charge in [-0.3, -0.25) is 4.98 Å². The molecule has 3 aromatic carbocycles. The van der Waals surface area contributed by atoms with Gasteiger partial charge in [-0.15, -0.1) is 0 Å². The van der Waals surface area contributed by atoms with Gasteiger partial charge >= 0.3 is 0 Å². The Morgan fingerprint density at radius 1 is 0.679 bits per heavy atom. The van der Waals surface area contributed by atoms with Crippen LogP contribution in [0.25, 0.3) is 33.5 Å². The van der Waals surface area contributed by atoms with Crippen molar-refractivity contribution in [2.45, 2.75) is 19.3 Å². The fraction of sp³-hybridized carbons (Fsp3) is 0.115. The lowest BCUT2D eigenvalue weighted by molar-refractivity contribution is 0.658. The Morgan fingerprint density at radius 2 is 1.36 bits per heavy atom. The topological polar surface area (TPSA) is 12.9 Å². The summed E-state index contributed by atoms with van der Waals surface area (Å²) < 4.78 is 1.03. The Hall–Kier alpha value is -2.71. The van der Waals surface area contributed by atoms with Crippen molar-refractivity contribution in [3.8, 4) is 33.5 Å². The lowest BCUT2D eigenvalue weighted by atomic mass is 9.81. The van der Waals surface area contributed by atoms with Crippen molar-refractivity contribution in [3.05, 3.63) is 101 Å². The minimum absolute atomic E-state index is 0.0703. The molecule has 1 nitrogen and oxygen atoms in total. The highest BCUT2D eigenvalue weighted by atomic mass is 79.9. The second kappa shape index (κ2) is 6.42. The van der Waals surface area contributed by atoms with Gasteiger partial charge < -0.3 is 0 Å². The maximum Gasteiger partial charge on any atom is 0.0746 e. The van der Waals surface area contributed by atoms with Crippen LogP contribution in [0.15, 0.2) is 89.5 Å². The van der Waals surface area contributed by atoms with Crippen LogP contribution in [0.4, 0.5) is 0 Å². The molecule has 1 heterocycles. The maximum absolute atomic E-state index is 4.72. The van der Waals surface area contributed by atoms with Crippen molar-refractivity contribution in [2.24, 2.45) is 0 Å². The lowest BCUT2D eigenvalue weighted by Crippen LogP contribution is -2.15. The molecule has 1 aromatic heterocycles. The van der Waals surface area contributed by atoms with Gasteiger partial charge in [0.15, 0.2) is 0 Å². The number of hydrogen-bond donors (Lipinski definition) is 0. The van der Waals surface area contributed by atoms with Crippen LogP contribution in [0.2, 0.25) is 0 Å². The lowest BCUT2D eigenvalue weighted by Gasteiger charge is -2.22. The molecule has 136 valence electrons. The summed E-state index contributed by atoms with van der Waals surface area (Å²) in [6.45, 7) is 4.58. The zero-order chi connectivity index (χ0) is 19.3. The van der Waals surface area contributed by atoms with Crippen LogP contribution in [0.3, 0.4) is 0 Å². The first kappa shape index (κ1) is 17.4. The number of pyridine rings is 1. The van der Waals surface area contributed by atoms with Gasteiger partial charge in [0, 0.05) is 21.6 Å². The first-order valence-corrected chi connectivity index (χ1v) is 10.3. The van der Waals surface area contributed by atoms with Crippen molar-refractivity contribution < 1.29 is 0 Å². The largest absolute Gasteiger partial charge is 0.255 e.